The minimum absolute atomic E-state index is 0.493. The van der Waals surface area contributed by atoms with Crippen molar-refractivity contribution in [2.24, 2.45) is 0 Å². The monoisotopic (exact) mass is 250 g/mol. The van der Waals surface area contributed by atoms with Gasteiger partial charge in [0.2, 0.25) is 0 Å². The fourth-order valence-corrected chi connectivity index (χ4v) is 1.61. The summed E-state index contributed by atoms with van der Waals surface area (Å²) in [5.41, 5.74) is 2.20. The second kappa shape index (κ2) is 8.73. The summed E-state index contributed by atoms with van der Waals surface area (Å²) in [4.78, 5) is 10.4. The summed E-state index contributed by atoms with van der Waals surface area (Å²) in [6, 6.07) is 0. The number of hydrogen-bond donors (Lipinski definition) is 0. The fraction of sp³-hybridized carbons (Fsp3) is 0.562. The predicted molar refractivity (Wildman–Crippen MR) is 77.4 cm³/mol. The molecule has 0 aliphatic rings. The molecule has 0 aliphatic heterocycles. The third-order valence-electron chi connectivity index (χ3n) is 2.97. The SMILES string of the molecule is C=CC(C)(CCC=C(C)CCC=C(C)C)OC=O. The van der Waals surface area contributed by atoms with Gasteiger partial charge in [0.15, 0.2) is 0 Å². The third kappa shape index (κ3) is 7.88. The van der Waals surface area contributed by atoms with E-state index in [-0.39, 0.29) is 0 Å². The minimum Gasteiger partial charge on any atom is -0.457 e. The molecular weight excluding hydrogens is 224 g/mol. The Morgan fingerprint density at radius 3 is 2.39 bits per heavy atom. The van der Waals surface area contributed by atoms with Crippen LogP contribution in [0.4, 0.5) is 0 Å². The van der Waals surface area contributed by atoms with Crippen molar-refractivity contribution in [2.45, 2.75) is 59.0 Å². The molecule has 0 N–H and O–H groups in total. The zero-order valence-electron chi connectivity index (χ0n) is 12.2. The second-order valence-electron chi connectivity index (χ2n) is 5.14. The largest absolute Gasteiger partial charge is 0.457 e. The van der Waals surface area contributed by atoms with Crippen molar-refractivity contribution in [3.63, 3.8) is 0 Å². The number of carbonyl (C=O) groups excluding carboxylic acids is 1. The van der Waals surface area contributed by atoms with Crippen molar-refractivity contribution < 1.29 is 9.53 Å². The Balaban J connectivity index is 4.09. The molecule has 0 aromatic rings. The molecule has 0 aromatic carbocycles. The van der Waals surface area contributed by atoms with Crippen LogP contribution in [0.5, 0.6) is 0 Å². The Morgan fingerprint density at radius 2 is 1.89 bits per heavy atom. The average molecular weight is 250 g/mol. The lowest BCUT2D eigenvalue weighted by molar-refractivity contribution is -0.138. The van der Waals surface area contributed by atoms with Crippen LogP contribution in [0.3, 0.4) is 0 Å². The number of hydrogen-bond acceptors (Lipinski definition) is 2. The molecule has 2 nitrogen and oxygen atoms in total. The normalized spacial score (nSPS) is 14.6. The highest BCUT2D eigenvalue weighted by atomic mass is 16.5. The van der Waals surface area contributed by atoms with Crippen LogP contribution in [0.15, 0.2) is 36.0 Å². The van der Waals surface area contributed by atoms with E-state index in [0.717, 1.165) is 25.7 Å². The highest BCUT2D eigenvalue weighted by Crippen LogP contribution is 2.19. The molecule has 18 heavy (non-hydrogen) atoms. The lowest BCUT2D eigenvalue weighted by Crippen LogP contribution is -2.24. The Hall–Kier alpha value is -1.31. The summed E-state index contributed by atoms with van der Waals surface area (Å²) in [6.07, 6.45) is 10.0. The van der Waals surface area contributed by atoms with E-state index in [0.29, 0.717) is 6.47 Å². The van der Waals surface area contributed by atoms with Crippen molar-refractivity contribution in [3.05, 3.63) is 36.0 Å². The first-order valence-electron chi connectivity index (χ1n) is 6.47. The number of carbonyl (C=O) groups is 1. The van der Waals surface area contributed by atoms with Crippen molar-refractivity contribution >= 4 is 6.47 Å². The maximum Gasteiger partial charge on any atom is 0.293 e. The number of allylic oxidation sites excluding steroid dienone is 4. The summed E-state index contributed by atoms with van der Waals surface area (Å²) < 4.78 is 5.04. The highest BCUT2D eigenvalue weighted by Gasteiger charge is 2.19. The molecule has 1 atom stereocenters. The van der Waals surface area contributed by atoms with E-state index < -0.39 is 5.60 Å². The first kappa shape index (κ1) is 16.7. The van der Waals surface area contributed by atoms with Crippen LogP contribution in [-0.2, 0) is 9.53 Å². The van der Waals surface area contributed by atoms with Crippen molar-refractivity contribution in [3.8, 4) is 0 Å². The molecule has 0 spiro atoms. The van der Waals surface area contributed by atoms with E-state index in [1.54, 1.807) is 6.08 Å². The molecule has 102 valence electrons. The van der Waals surface area contributed by atoms with Gasteiger partial charge in [-0.25, -0.2) is 0 Å². The van der Waals surface area contributed by atoms with E-state index in [4.69, 9.17) is 4.74 Å². The van der Waals surface area contributed by atoms with Crippen LogP contribution in [-0.4, -0.2) is 12.1 Å². The molecule has 1 unspecified atom stereocenters. The standard InChI is InChI=1S/C16H26O2/c1-6-16(5,18-13-17)12-8-11-15(4)10-7-9-14(2)3/h6,9,11,13H,1,7-8,10,12H2,2-5H3. The highest BCUT2D eigenvalue weighted by molar-refractivity contribution is 5.39. The summed E-state index contributed by atoms with van der Waals surface area (Å²) in [5, 5.41) is 0. The Labute approximate surface area is 111 Å². The molecule has 0 rings (SSSR count). The van der Waals surface area contributed by atoms with Crippen molar-refractivity contribution in [1.29, 1.82) is 0 Å². The quantitative estimate of drug-likeness (QED) is 0.442. The van der Waals surface area contributed by atoms with Gasteiger partial charge in [-0.3, -0.25) is 4.79 Å². The molecule has 0 aromatic heterocycles. The second-order valence-corrected chi connectivity index (χ2v) is 5.14. The van der Waals surface area contributed by atoms with Crippen LogP contribution in [0.2, 0.25) is 0 Å². The molecule has 0 saturated heterocycles. The smallest absolute Gasteiger partial charge is 0.293 e. The van der Waals surface area contributed by atoms with E-state index in [9.17, 15) is 4.79 Å². The predicted octanol–water partition coefficient (Wildman–Crippen LogP) is 4.58. The molecular formula is C16H26O2. The average Bonchev–Trinajstić information content (AvgIpc) is 2.29. The van der Waals surface area contributed by atoms with Gasteiger partial charge in [0.05, 0.1) is 0 Å². The molecule has 0 bridgehead atoms. The first-order valence-corrected chi connectivity index (χ1v) is 6.47. The van der Waals surface area contributed by atoms with E-state index in [1.165, 1.54) is 11.1 Å². The summed E-state index contributed by atoms with van der Waals surface area (Å²) in [6.45, 7) is 12.5. The van der Waals surface area contributed by atoms with Crippen LogP contribution in [0, 0.1) is 0 Å². The molecule has 0 saturated carbocycles. The van der Waals surface area contributed by atoms with E-state index in [1.807, 2.05) is 6.92 Å². The van der Waals surface area contributed by atoms with E-state index >= 15 is 0 Å². The zero-order chi connectivity index (χ0) is 14.0. The van der Waals surface area contributed by atoms with Crippen molar-refractivity contribution in [1.82, 2.24) is 0 Å². The molecule has 2 heteroatoms. The van der Waals surface area contributed by atoms with Crippen LogP contribution >= 0.6 is 0 Å². The number of rotatable bonds is 9. The Morgan fingerprint density at radius 1 is 1.22 bits per heavy atom. The zero-order valence-corrected chi connectivity index (χ0v) is 12.2. The van der Waals surface area contributed by atoms with E-state index in [2.05, 4.69) is 39.5 Å². The van der Waals surface area contributed by atoms with Gasteiger partial charge in [-0.05, 0) is 59.5 Å². The fourth-order valence-electron chi connectivity index (χ4n) is 1.61. The summed E-state index contributed by atoms with van der Waals surface area (Å²) >= 11 is 0. The van der Waals surface area contributed by atoms with Crippen LogP contribution < -0.4 is 0 Å². The van der Waals surface area contributed by atoms with Gasteiger partial charge in [0.25, 0.3) is 6.47 Å². The van der Waals surface area contributed by atoms with Gasteiger partial charge in [-0.2, -0.15) is 0 Å². The summed E-state index contributed by atoms with van der Waals surface area (Å²) in [5.74, 6) is 0. The van der Waals surface area contributed by atoms with Gasteiger partial charge in [0, 0.05) is 0 Å². The summed E-state index contributed by atoms with van der Waals surface area (Å²) in [7, 11) is 0. The van der Waals surface area contributed by atoms with Gasteiger partial charge in [-0.1, -0.05) is 29.9 Å². The van der Waals surface area contributed by atoms with Crippen LogP contribution in [0.25, 0.3) is 0 Å². The van der Waals surface area contributed by atoms with Crippen LogP contribution in [0.1, 0.15) is 53.4 Å². The first-order chi connectivity index (χ1) is 8.43. The molecule has 0 heterocycles. The maximum atomic E-state index is 10.4. The molecule has 0 radical (unpaired) electrons. The van der Waals surface area contributed by atoms with Gasteiger partial charge < -0.3 is 4.74 Å². The Bertz CT molecular complexity index is 322. The lowest BCUT2D eigenvalue weighted by Gasteiger charge is -2.22. The van der Waals surface area contributed by atoms with Crippen molar-refractivity contribution in [2.75, 3.05) is 0 Å². The minimum atomic E-state index is -0.543. The molecule has 0 aliphatic carbocycles. The number of ether oxygens (including phenoxy) is 1. The maximum absolute atomic E-state index is 10.4. The van der Waals surface area contributed by atoms with Gasteiger partial charge in [-0.15, -0.1) is 0 Å². The molecule has 0 fully saturated rings. The lowest BCUT2D eigenvalue weighted by atomic mass is 9.98. The molecule has 0 amide bonds. The van der Waals surface area contributed by atoms with Gasteiger partial charge >= 0.3 is 0 Å². The van der Waals surface area contributed by atoms with Gasteiger partial charge in [0.1, 0.15) is 5.60 Å². The topological polar surface area (TPSA) is 26.3 Å². The Kier molecular flexibility index (Phi) is 8.10. The third-order valence-corrected chi connectivity index (χ3v) is 2.97.